The summed E-state index contributed by atoms with van der Waals surface area (Å²) in [5, 5.41) is 4.18. The summed E-state index contributed by atoms with van der Waals surface area (Å²) in [6.07, 6.45) is 5.89. The molecule has 0 aliphatic rings. The van der Waals surface area contributed by atoms with Crippen molar-refractivity contribution in [2.75, 3.05) is 0 Å². The van der Waals surface area contributed by atoms with Crippen LogP contribution < -0.4 is 5.32 Å². The number of hydrogen-bond donors (Lipinski definition) is 1. The average molecular weight is 292 g/mol. The maximum Gasteiger partial charge on any atom is 0.113 e. The Labute approximate surface area is 126 Å². The third-order valence-corrected chi connectivity index (χ3v) is 3.56. The minimum atomic E-state index is 0.454. The molecule has 0 saturated heterocycles. The maximum atomic E-state index is 6.39. The summed E-state index contributed by atoms with van der Waals surface area (Å²) in [6, 6.07) is 6.66. The SMILES string of the molecule is CCCc1nccn1-c1ccc(CNC(C)C)c(Cl)c1. The van der Waals surface area contributed by atoms with Gasteiger partial charge >= 0.3 is 0 Å². The van der Waals surface area contributed by atoms with Gasteiger partial charge in [-0.1, -0.05) is 38.4 Å². The summed E-state index contributed by atoms with van der Waals surface area (Å²) < 4.78 is 2.11. The average Bonchev–Trinajstić information content (AvgIpc) is 2.86. The topological polar surface area (TPSA) is 29.9 Å². The van der Waals surface area contributed by atoms with Crippen LogP contribution in [-0.4, -0.2) is 15.6 Å². The minimum absolute atomic E-state index is 0.454. The molecule has 2 rings (SSSR count). The molecule has 0 atom stereocenters. The first-order chi connectivity index (χ1) is 9.61. The number of rotatable bonds is 6. The van der Waals surface area contributed by atoms with Crippen LogP contribution in [0.25, 0.3) is 5.69 Å². The molecule has 0 bridgehead atoms. The number of aryl methyl sites for hydroxylation is 1. The Kier molecular flexibility index (Phi) is 5.21. The van der Waals surface area contributed by atoms with Crippen molar-refractivity contribution in [2.45, 2.75) is 46.2 Å². The van der Waals surface area contributed by atoms with Crippen LogP contribution >= 0.6 is 11.6 Å². The van der Waals surface area contributed by atoms with Gasteiger partial charge in [0.2, 0.25) is 0 Å². The molecule has 1 heterocycles. The molecule has 0 aliphatic heterocycles. The standard InChI is InChI=1S/C16H22ClN3/c1-4-5-16-18-8-9-20(16)14-7-6-13(15(17)10-14)11-19-12(2)3/h6-10,12,19H,4-5,11H2,1-3H3. The molecule has 0 radical (unpaired) electrons. The van der Waals surface area contributed by atoms with Crippen LogP contribution in [0.5, 0.6) is 0 Å². The van der Waals surface area contributed by atoms with Crippen molar-refractivity contribution in [2.24, 2.45) is 0 Å². The third kappa shape index (κ3) is 3.62. The lowest BCUT2D eigenvalue weighted by molar-refractivity contribution is 0.589. The fourth-order valence-electron chi connectivity index (χ4n) is 2.12. The molecule has 0 fully saturated rings. The van der Waals surface area contributed by atoms with Crippen molar-refractivity contribution in [3.05, 3.63) is 47.0 Å². The molecule has 0 spiro atoms. The lowest BCUT2D eigenvalue weighted by atomic mass is 10.2. The fraction of sp³-hybridized carbons (Fsp3) is 0.438. The smallest absolute Gasteiger partial charge is 0.113 e. The van der Waals surface area contributed by atoms with Gasteiger partial charge in [0.1, 0.15) is 5.82 Å². The molecular formula is C16H22ClN3. The van der Waals surface area contributed by atoms with Crippen molar-refractivity contribution >= 4 is 11.6 Å². The van der Waals surface area contributed by atoms with E-state index < -0.39 is 0 Å². The zero-order valence-electron chi connectivity index (χ0n) is 12.4. The molecule has 20 heavy (non-hydrogen) atoms. The molecule has 0 saturated carbocycles. The monoisotopic (exact) mass is 291 g/mol. The van der Waals surface area contributed by atoms with Gasteiger partial charge in [-0.2, -0.15) is 0 Å². The fourth-order valence-corrected chi connectivity index (χ4v) is 2.36. The Morgan fingerprint density at radius 1 is 1.35 bits per heavy atom. The van der Waals surface area contributed by atoms with E-state index in [1.807, 2.05) is 18.5 Å². The van der Waals surface area contributed by atoms with Crippen molar-refractivity contribution < 1.29 is 0 Å². The highest BCUT2D eigenvalue weighted by Gasteiger charge is 2.07. The Hall–Kier alpha value is -1.32. The van der Waals surface area contributed by atoms with Gasteiger partial charge in [-0.05, 0) is 24.1 Å². The number of hydrogen-bond acceptors (Lipinski definition) is 2. The van der Waals surface area contributed by atoms with Crippen LogP contribution in [0, 0.1) is 0 Å². The summed E-state index contributed by atoms with van der Waals surface area (Å²) in [5.41, 5.74) is 2.20. The first kappa shape index (κ1) is 15.1. The first-order valence-electron chi connectivity index (χ1n) is 7.16. The number of benzene rings is 1. The Balaban J connectivity index is 2.22. The van der Waals surface area contributed by atoms with E-state index in [0.717, 1.165) is 41.5 Å². The maximum absolute atomic E-state index is 6.39. The van der Waals surface area contributed by atoms with E-state index in [1.165, 1.54) is 0 Å². The highest BCUT2D eigenvalue weighted by Crippen LogP contribution is 2.21. The largest absolute Gasteiger partial charge is 0.310 e. The second-order valence-corrected chi connectivity index (χ2v) is 5.68. The molecule has 108 valence electrons. The van der Waals surface area contributed by atoms with Gasteiger partial charge in [0, 0.05) is 42.1 Å². The summed E-state index contributed by atoms with van der Waals surface area (Å²) >= 11 is 6.39. The zero-order chi connectivity index (χ0) is 14.5. The Morgan fingerprint density at radius 3 is 2.80 bits per heavy atom. The molecule has 3 nitrogen and oxygen atoms in total. The zero-order valence-corrected chi connectivity index (χ0v) is 13.1. The van der Waals surface area contributed by atoms with Gasteiger partial charge in [0.25, 0.3) is 0 Å². The van der Waals surface area contributed by atoms with Crippen LogP contribution in [0.1, 0.15) is 38.6 Å². The predicted molar refractivity (Wildman–Crippen MR) is 84.5 cm³/mol. The van der Waals surface area contributed by atoms with Gasteiger partial charge in [-0.15, -0.1) is 0 Å². The van der Waals surface area contributed by atoms with Gasteiger partial charge in [0.15, 0.2) is 0 Å². The number of nitrogens with one attached hydrogen (secondary N) is 1. The number of halogens is 1. The summed E-state index contributed by atoms with van der Waals surface area (Å²) in [5.74, 6) is 1.08. The van der Waals surface area contributed by atoms with Crippen LogP contribution in [0.2, 0.25) is 5.02 Å². The summed E-state index contributed by atoms with van der Waals surface area (Å²) in [6.45, 7) is 7.21. The first-order valence-corrected chi connectivity index (χ1v) is 7.54. The quantitative estimate of drug-likeness (QED) is 0.872. The molecule has 1 aromatic heterocycles. The van der Waals surface area contributed by atoms with Crippen LogP contribution in [-0.2, 0) is 13.0 Å². The van der Waals surface area contributed by atoms with Crippen LogP contribution in [0.3, 0.4) is 0 Å². The van der Waals surface area contributed by atoms with Crippen molar-refractivity contribution in [1.82, 2.24) is 14.9 Å². The van der Waals surface area contributed by atoms with E-state index in [-0.39, 0.29) is 0 Å². The van der Waals surface area contributed by atoms with E-state index in [9.17, 15) is 0 Å². The molecule has 0 amide bonds. The second kappa shape index (κ2) is 6.91. The molecule has 1 N–H and O–H groups in total. The number of aromatic nitrogens is 2. The molecule has 0 unspecified atom stereocenters. The van der Waals surface area contributed by atoms with Gasteiger partial charge in [-0.3, -0.25) is 0 Å². The van der Waals surface area contributed by atoms with Crippen molar-refractivity contribution in [3.63, 3.8) is 0 Å². The summed E-state index contributed by atoms with van der Waals surface area (Å²) in [7, 11) is 0. The lowest BCUT2D eigenvalue weighted by Gasteiger charge is -2.12. The molecule has 0 aliphatic carbocycles. The van der Waals surface area contributed by atoms with E-state index in [0.29, 0.717) is 6.04 Å². The molecule has 4 heteroatoms. The van der Waals surface area contributed by atoms with Crippen LogP contribution in [0.4, 0.5) is 0 Å². The predicted octanol–water partition coefficient (Wildman–Crippen LogP) is 3.98. The highest BCUT2D eigenvalue weighted by molar-refractivity contribution is 6.31. The highest BCUT2D eigenvalue weighted by atomic mass is 35.5. The van der Waals surface area contributed by atoms with Crippen molar-refractivity contribution in [1.29, 1.82) is 0 Å². The van der Waals surface area contributed by atoms with E-state index in [2.05, 4.69) is 47.8 Å². The second-order valence-electron chi connectivity index (χ2n) is 5.27. The van der Waals surface area contributed by atoms with E-state index in [1.54, 1.807) is 0 Å². The molecule has 2 aromatic rings. The van der Waals surface area contributed by atoms with Crippen LogP contribution in [0.15, 0.2) is 30.6 Å². The third-order valence-electron chi connectivity index (χ3n) is 3.21. The molecular weight excluding hydrogens is 270 g/mol. The Bertz CT molecular complexity index is 561. The van der Waals surface area contributed by atoms with Gasteiger partial charge in [-0.25, -0.2) is 4.98 Å². The molecule has 1 aromatic carbocycles. The van der Waals surface area contributed by atoms with Gasteiger partial charge in [0.05, 0.1) is 0 Å². The summed E-state index contributed by atoms with van der Waals surface area (Å²) in [4.78, 5) is 4.40. The van der Waals surface area contributed by atoms with E-state index in [4.69, 9.17) is 11.6 Å². The van der Waals surface area contributed by atoms with Crippen molar-refractivity contribution in [3.8, 4) is 5.69 Å². The number of imidazole rings is 1. The normalized spacial score (nSPS) is 11.2. The minimum Gasteiger partial charge on any atom is -0.310 e. The lowest BCUT2D eigenvalue weighted by Crippen LogP contribution is -2.22. The van der Waals surface area contributed by atoms with E-state index >= 15 is 0 Å². The number of nitrogens with zero attached hydrogens (tertiary/aromatic N) is 2. The van der Waals surface area contributed by atoms with Gasteiger partial charge < -0.3 is 9.88 Å². The Morgan fingerprint density at radius 2 is 2.15 bits per heavy atom.